The number of amides is 1. The van der Waals surface area contributed by atoms with Gasteiger partial charge in [-0.3, -0.25) is 4.79 Å². The number of thioether (sulfide) groups is 1. The molecule has 1 aliphatic heterocycles. The zero-order chi connectivity index (χ0) is 24.4. The van der Waals surface area contributed by atoms with E-state index in [1.165, 1.54) is 0 Å². The number of nitrogens with one attached hydrogen (secondary N) is 1. The van der Waals surface area contributed by atoms with Crippen molar-refractivity contribution < 1.29 is 9.53 Å². The molecule has 0 spiro atoms. The van der Waals surface area contributed by atoms with Gasteiger partial charge < -0.3 is 10.1 Å². The van der Waals surface area contributed by atoms with Crippen molar-refractivity contribution in [1.82, 2.24) is 19.7 Å². The number of hydrogen-bond acceptors (Lipinski definition) is 6. The van der Waals surface area contributed by atoms with Crippen LogP contribution in [0.1, 0.15) is 27.8 Å². The summed E-state index contributed by atoms with van der Waals surface area (Å²) < 4.78 is 7.32. The summed E-state index contributed by atoms with van der Waals surface area (Å²) in [6.07, 6.45) is 1.72. The highest BCUT2D eigenvalue weighted by Gasteiger charge is 2.33. The number of nitrogens with zero attached hydrogens (tertiary/aromatic N) is 4. The van der Waals surface area contributed by atoms with Crippen LogP contribution < -0.4 is 10.1 Å². The summed E-state index contributed by atoms with van der Waals surface area (Å²) >= 11 is 1.57. The lowest BCUT2D eigenvalue weighted by molar-refractivity contribution is -0.113. The minimum atomic E-state index is -0.132. The second-order valence-corrected chi connectivity index (χ2v) is 9.34. The molecule has 2 aromatic carbocycles. The van der Waals surface area contributed by atoms with Gasteiger partial charge in [0, 0.05) is 22.5 Å². The molecule has 3 heterocycles. The molecular formula is C27H25N5O2S. The number of anilines is 1. The van der Waals surface area contributed by atoms with Gasteiger partial charge in [-0.2, -0.15) is 9.78 Å². The molecule has 1 amide bonds. The third-order valence-electron chi connectivity index (χ3n) is 5.58. The van der Waals surface area contributed by atoms with E-state index in [4.69, 9.17) is 9.84 Å². The van der Waals surface area contributed by atoms with Crippen LogP contribution in [-0.2, 0) is 4.79 Å². The number of ether oxygens (including phenoxy) is 1. The number of rotatable bonds is 6. The molecule has 1 aliphatic rings. The molecule has 1 atom stereocenters. The first-order chi connectivity index (χ1) is 17.0. The number of carbonyl (C=O) groups is 1. The van der Waals surface area contributed by atoms with Gasteiger partial charge in [0.25, 0.3) is 5.95 Å². The highest BCUT2D eigenvalue weighted by Crippen LogP contribution is 2.46. The second-order valence-electron chi connectivity index (χ2n) is 8.25. The molecule has 8 heteroatoms. The molecule has 0 radical (unpaired) electrons. The predicted molar refractivity (Wildman–Crippen MR) is 139 cm³/mol. The Labute approximate surface area is 208 Å². The summed E-state index contributed by atoms with van der Waals surface area (Å²) in [5, 5.41) is 7.90. The number of fused-ring (bicyclic) bond motifs is 1. The molecule has 0 saturated heterocycles. The van der Waals surface area contributed by atoms with Crippen molar-refractivity contribution in [1.29, 1.82) is 0 Å². The Balaban J connectivity index is 1.71. The number of hydrogen-bond donors (Lipinski definition) is 1. The Hall–Kier alpha value is -3.91. The SMILES string of the molecule is C=CCOc1ccc([C@@H]2SCC(=O)Nc3c2c(-c2ccccc2)nn3-c2nc(C)cc(C)n2)cc1. The first-order valence-electron chi connectivity index (χ1n) is 11.3. The lowest BCUT2D eigenvalue weighted by Crippen LogP contribution is -2.17. The van der Waals surface area contributed by atoms with E-state index in [2.05, 4.69) is 21.9 Å². The van der Waals surface area contributed by atoms with Crippen LogP contribution in [0.5, 0.6) is 5.75 Å². The van der Waals surface area contributed by atoms with Crippen LogP contribution >= 0.6 is 11.8 Å². The predicted octanol–water partition coefficient (Wildman–Crippen LogP) is 5.29. The highest BCUT2D eigenvalue weighted by atomic mass is 32.2. The number of carbonyl (C=O) groups excluding carboxylic acids is 1. The molecule has 0 aliphatic carbocycles. The quantitative estimate of drug-likeness (QED) is 0.376. The van der Waals surface area contributed by atoms with E-state index in [1.54, 1.807) is 22.5 Å². The normalized spacial score (nSPS) is 15.1. The Kier molecular flexibility index (Phi) is 6.37. The second kappa shape index (κ2) is 9.76. The molecule has 0 unspecified atom stereocenters. The van der Waals surface area contributed by atoms with E-state index >= 15 is 0 Å². The van der Waals surface area contributed by atoms with Gasteiger partial charge in [0.05, 0.1) is 16.7 Å². The van der Waals surface area contributed by atoms with E-state index in [1.807, 2.05) is 74.5 Å². The smallest absolute Gasteiger partial charge is 0.252 e. The van der Waals surface area contributed by atoms with E-state index in [9.17, 15) is 4.79 Å². The minimum absolute atomic E-state index is 0.0881. The van der Waals surface area contributed by atoms with Gasteiger partial charge in [0.15, 0.2) is 0 Å². The Morgan fingerprint density at radius 3 is 2.51 bits per heavy atom. The average molecular weight is 484 g/mol. The van der Waals surface area contributed by atoms with Crippen LogP contribution in [0.3, 0.4) is 0 Å². The first kappa shape index (κ1) is 22.9. The Morgan fingerprint density at radius 1 is 1.11 bits per heavy atom. The summed E-state index contributed by atoms with van der Waals surface area (Å²) in [4.78, 5) is 22.1. The maximum atomic E-state index is 12.8. The van der Waals surface area contributed by atoms with Gasteiger partial charge in [-0.1, -0.05) is 55.1 Å². The summed E-state index contributed by atoms with van der Waals surface area (Å²) in [6, 6.07) is 19.9. The summed E-state index contributed by atoms with van der Waals surface area (Å²) in [7, 11) is 0. The molecule has 0 fully saturated rings. The van der Waals surface area contributed by atoms with Crippen molar-refractivity contribution in [3.8, 4) is 23.0 Å². The molecule has 1 N–H and O–H groups in total. The van der Waals surface area contributed by atoms with E-state index in [-0.39, 0.29) is 11.2 Å². The lowest BCUT2D eigenvalue weighted by Gasteiger charge is -2.17. The third kappa shape index (κ3) is 4.70. The molecule has 7 nitrogen and oxygen atoms in total. The van der Waals surface area contributed by atoms with Gasteiger partial charge >= 0.3 is 0 Å². The molecule has 4 aromatic rings. The topological polar surface area (TPSA) is 81.9 Å². The van der Waals surface area contributed by atoms with Gasteiger partial charge in [0.2, 0.25) is 5.91 Å². The average Bonchev–Trinajstić information content (AvgIpc) is 3.13. The number of benzene rings is 2. The van der Waals surface area contributed by atoms with Crippen molar-refractivity contribution in [3.63, 3.8) is 0 Å². The maximum absolute atomic E-state index is 12.8. The fourth-order valence-electron chi connectivity index (χ4n) is 4.12. The van der Waals surface area contributed by atoms with Gasteiger partial charge in [0.1, 0.15) is 18.2 Å². The van der Waals surface area contributed by atoms with Crippen molar-refractivity contribution >= 4 is 23.5 Å². The lowest BCUT2D eigenvalue weighted by atomic mass is 10.00. The molecule has 2 aromatic heterocycles. The molecule has 35 heavy (non-hydrogen) atoms. The van der Waals surface area contributed by atoms with Crippen LogP contribution in [0, 0.1) is 13.8 Å². The van der Waals surface area contributed by atoms with Crippen LogP contribution in [0.2, 0.25) is 0 Å². The van der Waals surface area contributed by atoms with Crippen molar-refractivity contribution in [2.24, 2.45) is 0 Å². The standard InChI is InChI=1S/C27H25N5O2S/c1-4-14-34-21-12-10-20(11-13-21)25-23-24(19-8-6-5-7-9-19)31-32(26(23)30-22(33)16-35-25)27-28-17(2)15-18(3)29-27/h4-13,15,25H,1,14,16H2,2-3H3,(H,30,33)/t25-/m0/s1. The zero-order valence-corrected chi connectivity index (χ0v) is 20.4. The van der Waals surface area contributed by atoms with Crippen molar-refractivity contribution in [2.45, 2.75) is 19.1 Å². The first-order valence-corrected chi connectivity index (χ1v) is 12.3. The van der Waals surface area contributed by atoms with Gasteiger partial charge in [-0.15, -0.1) is 11.8 Å². The fourth-order valence-corrected chi connectivity index (χ4v) is 5.25. The monoisotopic (exact) mass is 483 g/mol. The van der Waals surface area contributed by atoms with E-state index in [0.717, 1.165) is 39.5 Å². The van der Waals surface area contributed by atoms with Crippen LogP contribution in [0.4, 0.5) is 5.82 Å². The molecule has 0 saturated carbocycles. The van der Waals surface area contributed by atoms with Crippen molar-refractivity contribution in [3.05, 3.63) is 95.8 Å². The van der Waals surface area contributed by atoms with Gasteiger partial charge in [-0.25, -0.2) is 9.97 Å². The van der Waals surface area contributed by atoms with Crippen LogP contribution in [0.15, 0.2) is 73.3 Å². The molecular weight excluding hydrogens is 458 g/mol. The zero-order valence-electron chi connectivity index (χ0n) is 19.6. The largest absolute Gasteiger partial charge is 0.490 e. The van der Waals surface area contributed by atoms with E-state index in [0.29, 0.717) is 24.1 Å². The summed E-state index contributed by atoms with van der Waals surface area (Å²) in [6.45, 7) is 7.99. The summed E-state index contributed by atoms with van der Waals surface area (Å²) in [5.41, 5.74) is 5.39. The fraction of sp³-hybridized carbons (Fsp3) is 0.185. The van der Waals surface area contributed by atoms with Gasteiger partial charge in [-0.05, 0) is 37.6 Å². The molecule has 0 bridgehead atoms. The van der Waals surface area contributed by atoms with Crippen LogP contribution in [0.25, 0.3) is 17.2 Å². The highest BCUT2D eigenvalue weighted by molar-refractivity contribution is 8.00. The number of aromatic nitrogens is 4. The van der Waals surface area contributed by atoms with Crippen LogP contribution in [-0.4, -0.2) is 38.0 Å². The Bertz CT molecular complexity index is 1360. The summed E-state index contributed by atoms with van der Waals surface area (Å²) in [5.74, 6) is 2.02. The number of aryl methyl sites for hydroxylation is 2. The maximum Gasteiger partial charge on any atom is 0.252 e. The third-order valence-corrected chi connectivity index (χ3v) is 6.85. The van der Waals surface area contributed by atoms with E-state index < -0.39 is 0 Å². The van der Waals surface area contributed by atoms with Crippen molar-refractivity contribution in [2.75, 3.05) is 17.7 Å². The molecule has 5 rings (SSSR count). The Morgan fingerprint density at radius 2 is 1.83 bits per heavy atom. The minimum Gasteiger partial charge on any atom is -0.490 e. The molecule has 176 valence electrons.